The number of rotatable bonds is 6. The molecular formula is C22H28N4O7S2. The maximum Gasteiger partial charge on any atom is 0.269 e. The van der Waals surface area contributed by atoms with Crippen LogP contribution in [-0.4, -0.2) is 76.7 Å². The Hall–Kier alpha value is -2.84. The molecule has 2 N–H and O–H groups in total. The van der Waals surface area contributed by atoms with Crippen LogP contribution in [0.5, 0.6) is 0 Å². The van der Waals surface area contributed by atoms with Crippen molar-refractivity contribution in [1.82, 2.24) is 19.5 Å². The SMILES string of the molecule is C[C@@H]1CN(S(=O)(=O)c2ccc(C(=O)NNC(=O)c3ccc(S(=O)(=O)N(C)C)cc3)cc2)C[C@@H](C)O1. The van der Waals surface area contributed by atoms with Gasteiger partial charge in [-0.3, -0.25) is 20.4 Å². The molecule has 0 aliphatic carbocycles. The Kier molecular flexibility index (Phi) is 7.97. The smallest absolute Gasteiger partial charge is 0.269 e. The summed E-state index contributed by atoms with van der Waals surface area (Å²) in [6, 6.07) is 10.6. The van der Waals surface area contributed by atoms with Crippen molar-refractivity contribution in [1.29, 1.82) is 0 Å². The fourth-order valence-electron chi connectivity index (χ4n) is 3.50. The molecular weight excluding hydrogens is 496 g/mol. The van der Waals surface area contributed by atoms with E-state index >= 15 is 0 Å². The maximum absolute atomic E-state index is 12.9. The molecule has 1 fully saturated rings. The molecule has 0 bridgehead atoms. The number of morpholine rings is 1. The Morgan fingerprint density at radius 2 is 1.20 bits per heavy atom. The molecule has 2 atom stereocenters. The second-order valence-electron chi connectivity index (χ2n) is 8.32. The molecule has 0 spiro atoms. The molecule has 1 aliphatic rings. The Labute approximate surface area is 205 Å². The summed E-state index contributed by atoms with van der Waals surface area (Å²) in [7, 11) is -4.57. The van der Waals surface area contributed by atoms with Crippen LogP contribution in [0.1, 0.15) is 34.6 Å². The predicted molar refractivity (Wildman–Crippen MR) is 127 cm³/mol. The first-order valence-electron chi connectivity index (χ1n) is 10.7. The highest BCUT2D eigenvalue weighted by Gasteiger charge is 2.32. The summed E-state index contributed by atoms with van der Waals surface area (Å²) >= 11 is 0. The fourth-order valence-corrected chi connectivity index (χ4v) is 5.99. The van der Waals surface area contributed by atoms with Crippen LogP contribution in [0.3, 0.4) is 0 Å². The maximum atomic E-state index is 12.9. The summed E-state index contributed by atoms with van der Waals surface area (Å²) in [5, 5.41) is 0. The van der Waals surface area contributed by atoms with E-state index in [1.54, 1.807) is 13.8 Å². The van der Waals surface area contributed by atoms with Crippen LogP contribution < -0.4 is 10.9 Å². The molecule has 13 heteroatoms. The summed E-state index contributed by atoms with van der Waals surface area (Å²) in [6.07, 6.45) is -0.452. The first-order valence-corrected chi connectivity index (χ1v) is 13.6. The van der Waals surface area contributed by atoms with Gasteiger partial charge in [-0.25, -0.2) is 21.1 Å². The number of benzene rings is 2. The zero-order valence-corrected chi connectivity index (χ0v) is 21.4. The Bertz CT molecular complexity index is 1280. The van der Waals surface area contributed by atoms with Gasteiger partial charge < -0.3 is 4.74 Å². The molecule has 0 saturated carbocycles. The van der Waals surface area contributed by atoms with E-state index in [1.807, 2.05) is 0 Å². The fraction of sp³-hybridized carbons (Fsp3) is 0.364. The molecule has 35 heavy (non-hydrogen) atoms. The van der Waals surface area contributed by atoms with Crippen molar-refractivity contribution in [2.24, 2.45) is 0 Å². The second kappa shape index (κ2) is 10.4. The van der Waals surface area contributed by atoms with Crippen LogP contribution in [0.25, 0.3) is 0 Å². The third kappa shape index (κ3) is 6.05. The summed E-state index contributed by atoms with van der Waals surface area (Å²) in [5.41, 5.74) is 4.77. The second-order valence-corrected chi connectivity index (χ2v) is 12.4. The summed E-state index contributed by atoms with van der Waals surface area (Å²) < 4.78 is 58.1. The Balaban J connectivity index is 1.62. The number of ether oxygens (including phenoxy) is 1. The number of hydrogen-bond acceptors (Lipinski definition) is 7. The van der Waals surface area contributed by atoms with Crippen LogP contribution >= 0.6 is 0 Å². The topological polar surface area (TPSA) is 142 Å². The minimum absolute atomic E-state index is 0.0270. The van der Waals surface area contributed by atoms with E-state index in [9.17, 15) is 26.4 Å². The molecule has 0 unspecified atom stereocenters. The first-order chi connectivity index (χ1) is 16.3. The quantitative estimate of drug-likeness (QED) is 0.533. The van der Waals surface area contributed by atoms with Crippen molar-refractivity contribution in [3.8, 4) is 0 Å². The molecule has 1 aliphatic heterocycles. The van der Waals surface area contributed by atoms with Gasteiger partial charge in [0.1, 0.15) is 0 Å². The molecule has 0 radical (unpaired) electrons. The largest absolute Gasteiger partial charge is 0.373 e. The highest BCUT2D eigenvalue weighted by atomic mass is 32.2. The van der Waals surface area contributed by atoms with Crippen LogP contribution in [0.15, 0.2) is 58.3 Å². The lowest BCUT2D eigenvalue weighted by Gasteiger charge is -2.34. The van der Waals surface area contributed by atoms with Gasteiger partial charge in [-0.1, -0.05) is 0 Å². The van der Waals surface area contributed by atoms with E-state index < -0.39 is 31.9 Å². The number of sulfonamides is 2. The number of amides is 2. The summed E-state index contributed by atoms with van der Waals surface area (Å²) in [6.45, 7) is 4.09. The molecule has 1 heterocycles. The van der Waals surface area contributed by atoms with E-state index in [4.69, 9.17) is 4.74 Å². The minimum atomic E-state index is -3.75. The molecule has 190 valence electrons. The van der Waals surface area contributed by atoms with Gasteiger partial charge in [0.15, 0.2) is 0 Å². The van der Waals surface area contributed by atoms with Crippen molar-refractivity contribution in [3.63, 3.8) is 0 Å². The Morgan fingerprint density at radius 1 is 0.800 bits per heavy atom. The normalized spacial score (nSPS) is 19.3. The molecule has 1 saturated heterocycles. The number of nitrogens with one attached hydrogen (secondary N) is 2. The van der Waals surface area contributed by atoms with Gasteiger partial charge in [0.05, 0.1) is 22.0 Å². The zero-order chi connectivity index (χ0) is 26.0. The average molecular weight is 525 g/mol. The molecule has 2 aromatic carbocycles. The number of hydrazine groups is 1. The van der Waals surface area contributed by atoms with E-state index in [2.05, 4.69) is 10.9 Å². The first kappa shape index (κ1) is 26.8. The van der Waals surface area contributed by atoms with Crippen molar-refractivity contribution >= 4 is 31.9 Å². The molecule has 0 aromatic heterocycles. The third-order valence-corrected chi connectivity index (χ3v) is 9.00. The van der Waals surface area contributed by atoms with Gasteiger partial charge in [-0.2, -0.15) is 4.31 Å². The number of hydrogen-bond donors (Lipinski definition) is 2. The van der Waals surface area contributed by atoms with Gasteiger partial charge in [0.2, 0.25) is 20.0 Å². The van der Waals surface area contributed by atoms with Crippen molar-refractivity contribution in [2.75, 3.05) is 27.2 Å². The molecule has 2 amide bonds. The number of carbonyl (C=O) groups is 2. The van der Waals surface area contributed by atoms with Crippen molar-refractivity contribution in [2.45, 2.75) is 35.8 Å². The lowest BCUT2D eigenvalue weighted by atomic mass is 10.2. The van der Waals surface area contributed by atoms with Crippen LogP contribution in [0.4, 0.5) is 0 Å². The highest BCUT2D eigenvalue weighted by molar-refractivity contribution is 7.89. The monoisotopic (exact) mass is 524 g/mol. The Morgan fingerprint density at radius 3 is 1.60 bits per heavy atom. The van der Waals surface area contributed by atoms with Gasteiger partial charge in [-0.05, 0) is 62.4 Å². The summed E-state index contributed by atoms with van der Waals surface area (Å²) in [5.74, 6) is -1.30. The average Bonchev–Trinajstić information content (AvgIpc) is 2.81. The van der Waals surface area contributed by atoms with Crippen LogP contribution in [0.2, 0.25) is 0 Å². The molecule has 3 rings (SSSR count). The van der Waals surface area contributed by atoms with E-state index in [-0.39, 0.29) is 46.2 Å². The molecule has 2 aromatic rings. The standard InChI is InChI=1S/C22H28N4O7S2/c1-15-13-26(14-16(2)33-15)35(31,32)20-11-7-18(8-12-20)22(28)24-23-21(27)17-5-9-19(10-6-17)34(29,30)25(3)4/h5-12,15-16H,13-14H2,1-4H3,(H,23,27)(H,24,28)/t15-,16-/m1/s1. The van der Waals surface area contributed by atoms with E-state index in [0.717, 1.165) is 4.31 Å². The third-order valence-electron chi connectivity index (χ3n) is 5.33. The summed E-state index contributed by atoms with van der Waals surface area (Å²) in [4.78, 5) is 24.8. The number of carbonyl (C=O) groups excluding carboxylic acids is 2. The van der Waals surface area contributed by atoms with Crippen molar-refractivity contribution < 1.29 is 31.2 Å². The number of nitrogens with zero attached hydrogens (tertiary/aromatic N) is 2. The van der Waals surface area contributed by atoms with Gasteiger partial charge in [0.25, 0.3) is 11.8 Å². The van der Waals surface area contributed by atoms with Gasteiger partial charge in [0, 0.05) is 38.3 Å². The minimum Gasteiger partial charge on any atom is -0.373 e. The van der Waals surface area contributed by atoms with Crippen molar-refractivity contribution in [3.05, 3.63) is 59.7 Å². The van der Waals surface area contributed by atoms with Gasteiger partial charge >= 0.3 is 0 Å². The lowest BCUT2D eigenvalue weighted by molar-refractivity contribution is -0.0440. The van der Waals surface area contributed by atoms with Crippen LogP contribution in [0, 0.1) is 0 Å². The van der Waals surface area contributed by atoms with Crippen LogP contribution in [-0.2, 0) is 24.8 Å². The predicted octanol–water partition coefficient (Wildman–Crippen LogP) is 0.810. The van der Waals surface area contributed by atoms with Gasteiger partial charge in [-0.15, -0.1) is 0 Å². The highest BCUT2D eigenvalue weighted by Crippen LogP contribution is 2.21. The zero-order valence-electron chi connectivity index (χ0n) is 19.8. The van der Waals surface area contributed by atoms with E-state index in [0.29, 0.717) is 0 Å². The lowest BCUT2D eigenvalue weighted by Crippen LogP contribution is -2.48. The van der Waals surface area contributed by atoms with E-state index in [1.165, 1.54) is 66.9 Å². The molecule has 11 nitrogen and oxygen atoms in total.